The monoisotopic (exact) mass is 386 g/mol. The standard InChI is InChI=1S/C20H26N4O2S/c1-2-26-19(25)16-7-6-12-22(13-16)14-23-20(27)24(17-8-4-3-5-9-17)18(21-23)15-10-11-15/h3-5,8-9,15-16H,2,6-7,10-14H2,1H3/t16-/m0/s1. The van der Waals surface area contributed by atoms with Crippen molar-refractivity contribution < 1.29 is 9.53 Å². The van der Waals surface area contributed by atoms with Gasteiger partial charge in [-0.05, 0) is 63.5 Å². The lowest BCUT2D eigenvalue weighted by molar-refractivity contribution is -0.150. The molecule has 1 aromatic heterocycles. The third kappa shape index (κ3) is 3.99. The average Bonchev–Trinajstić information content (AvgIpc) is 3.48. The van der Waals surface area contributed by atoms with E-state index in [1.165, 1.54) is 12.8 Å². The zero-order chi connectivity index (χ0) is 18.8. The van der Waals surface area contributed by atoms with Gasteiger partial charge in [-0.25, -0.2) is 4.68 Å². The van der Waals surface area contributed by atoms with E-state index in [-0.39, 0.29) is 11.9 Å². The molecule has 0 unspecified atom stereocenters. The van der Waals surface area contributed by atoms with Crippen molar-refractivity contribution >= 4 is 18.2 Å². The van der Waals surface area contributed by atoms with Crippen molar-refractivity contribution in [1.82, 2.24) is 19.2 Å². The lowest BCUT2D eigenvalue weighted by Gasteiger charge is -2.31. The number of esters is 1. The topological polar surface area (TPSA) is 52.3 Å². The van der Waals surface area contributed by atoms with Crippen LogP contribution < -0.4 is 0 Å². The molecule has 2 heterocycles. The summed E-state index contributed by atoms with van der Waals surface area (Å²) in [6, 6.07) is 10.2. The second-order valence-corrected chi connectivity index (χ2v) is 7.76. The zero-order valence-electron chi connectivity index (χ0n) is 15.7. The molecular formula is C20H26N4O2S. The fraction of sp³-hybridized carbons (Fsp3) is 0.550. The van der Waals surface area contributed by atoms with E-state index in [1.54, 1.807) is 0 Å². The molecule has 4 rings (SSSR count). The molecule has 0 amide bonds. The second kappa shape index (κ2) is 7.94. The Morgan fingerprint density at radius 2 is 2.04 bits per heavy atom. The van der Waals surface area contributed by atoms with Gasteiger partial charge < -0.3 is 4.74 Å². The van der Waals surface area contributed by atoms with Gasteiger partial charge in [-0.1, -0.05) is 18.2 Å². The molecule has 1 saturated carbocycles. The van der Waals surface area contributed by atoms with Crippen LogP contribution in [0.4, 0.5) is 0 Å². The molecule has 2 aromatic rings. The number of rotatable bonds is 6. The number of piperidine rings is 1. The molecule has 0 radical (unpaired) electrons. The molecule has 1 atom stereocenters. The Hall–Kier alpha value is -1.99. The number of ether oxygens (including phenoxy) is 1. The first-order valence-corrected chi connectivity index (χ1v) is 10.2. The highest BCUT2D eigenvalue weighted by Crippen LogP contribution is 2.40. The predicted octanol–water partition coefficient (Wildman–Crippen LogP) is 3.51. The van der Waals surface area contributed by atoms with Crippen LogP contribution in [0.3, 0.4) is 0 Å². The van der Waals surface area contributed by atoms with Crippen LogP contribution in [0.2, 0.25) is 0 Å². The van der Waals surface area contributed by atoms with Crippen LogP contribution in [0.5, 0.6) is 0 Å². The fourth-order valence-electron chi connectivity index (χ4n) is 3.77. The number of carbonyl (C=O) groups excluding carboxylic acids is 1. The number of likely N-dealkylation sites (tertiary alicyclic amines) is 1. The zero-order valence-corrected chi connectivity index (χ0v) is 16.5. The minimum Gasteiger partial charge on any atom is -0.466 e. The van der Waals surface area contributed by atoms with E-state index in [9.17, 15) is 4.79 Å². The maximum Gasteiger partial charge on any atom is 0.310 e. The van der Waals surface area contributed by atoms with E-state index in [0.29, 0.717) is 25.7 Å². The summed E-state index contributed by atoms with van der Waals surface area (Å²) in [5, 5.41) is 4.87. The van der Waals surface area contributed by atoms with Crippen LogP contribution in [-0.4, -0.2) is 44.9 Å². The van der Waals surface area contributed by atoms with Crippen molar-refractivity contribution in [2.24, 2.45) is 5.92 Å². The number of benzene rings is 1. The van der Waals surface area contributed by atoms with E-state index < -0.39 is 0 Å². The van der Waals surface area contributed by atoms with Crippen LogP contribution in [0.1, 0.15) is 44.3 Å². The molecule has 1 aliphatic heterocycles. The molecule has 6 nitrogen and oxygen atoms in total. The molecule has 1 saturated heterocycles. The third-order valence-corrected chi connectivity index (χ3v) is 5.67. The normalized spacial score (nSPS) is 20.6. The Kier molecular flexibility index (Phi) is 5.41. The van der Waals surface area contributed by atoms with Crippen molar-refractivity contribution in [2.45, 2.75) is 45.2 Å². The first kappa shape index (κ1) is 18.4. The summed E-state index contributed by atoms with van der Waals surface area (Å²) in [5.74, 6) is 1.43. The molecule has 27 heavy (non-hydrogen) atoms. The van der Waals surface area contributed by atoms with Crippen molar-refractivity contribution in [2.75, 3.05) is 19.7 Å². The Balaban J connectivity index is 1.56. The highest BCUT2D eigenvalue weighted by Gasteiger charge is 2.32. The first-order valence-electron chi connectivity index (χ1n) is 9.81. The SMILES string of the molecule is CCOC(=O)[C@H]1CCCN(Cn2nc(C3CC3)n(-c3ccccc3)c2=S)C1. The van der Waals surface area contributed by atoms with Gasteiger partial charge in [-0.15, -0.1) is 0 Å². The van der Waals surface area contributed by atoms with E-state index in [2.05, 4.69) is 21.6 Å². The lowest BCUT2D eigenvalue weighted by Crippen LogP contribution is -2.40. The van der Waals surface area contributed by atoms with Gasteiger partial charge in [0.25, 0.3) is 0 Å². The maximum absolute atomic E-state index is 12.1. The fourth-order valence-corrected chi connectivity index (χ4v) is 4.07. The van der Waals surface area contributed by atoms with Gasteiger partial charge in [0.2, 0.25) is 4.77 Å². The highest BCUT2D eigenvalue weighted by molar-refractivity contribution is 7.71. The van der Waals surface area contributed by atoms with Crippen molar-refractivity contribution in [1.29, 1.82) is 0 Å². The molecule has 2 aliphatic rings. The second-order valence-electron chi connectivity index (χ2n) is 7.40. The summed E-state index contributed by atoms with van der Waals surface area (Å²) in [4.78, 5) is 14.4. The lowest BCUT2D eigenvalue weighted by atomic mass is 9.99. The van der Waals surface area contributed by atoms with Gasteiger partial charge in [0.15, 0.2) is 0 Å². The molecule has 2 fully saturated rings. The van der Waals surface area contributed by atoms with Gasteiger partial charge in [0, 0.05) is 18.2 Å². The Labute approximate surface area is 164 Å². The Morgan fingerprint density at radius 3 is 2.74 bits per heavy atom. The summed E-state index contributed by atoms with van der Waals surface area (Å²) in [6.07, 6.45) is 4.23. The molecule has 0 spiro atoms. The van der Waals surface area contributed by atoms with Crippen molar-refractivity contribution in [3.8, 4) is 5.69 Å². The minimum atomic E-state index is -0.0840. The Morgan fingerprint density at radius 1 is 1.26 bits per heavy atom. The van der Waals surface area contributed by atoms with Gasteiger partial charge in [0.05, 0.1) is 19.2 Å². The van der Waals surface area contributed by atoms with E-state index in [1.807, 2.05) is 29.8 Å². The number of hydrogen-bond acceptors (Lipinski definition) is 5. The quantitative estimate of drug-likeness (QED) is 0.562. The van der Waals surface area contributed by atoms with Crippen LogP contribution >= 0.6 is 12.2 Å². The Bertz CT molecular complexity index is 857. The number of aromatic nitrogens is 3. The summed E-state index contributed by atoms with van der Waals surface area (Å²) in [5.41, 5.74) is 1.07. The minimum absolute atomic E-state index is 0.0491. The van der Waals surface area contributed by atoms with Gasteiger partial charge >= 0.3 is 5.97 Å². The van der Waals surface area contributed by atoms with Crippen LogP contribution in [0.15, 0.2) is 30.3 Å². The summed E-state index contributed by atoms with van der Waals surface area (Å²) >= 11 is 5.78. The van der Waals surface area contributed by atoms with Gasteiger partial charge in [-0.2, -0.15) is 5.10 Å². The summed E-state index contributed by atoms with van der Waals surface area (Å²) in [6.45, 7) is 4.57. The summed E-state index contributed by atoms with van der Waals surface area (Å²) < 4.78 is 9.97. The molecule has 1 aromatic carbocycles. The average molecular weight is 387 g/mol. The highest BCUT2D eigenvalue weighted by atomic mass is 32.1. The molecule has 0 bridgehead atoms. The maximum atomic E-state index is 12.1. The van der Waals surface area contributed by atoms with E-state index in [0.717, 1.165) is 35.7 Å². The first-order chi connectivity index (χ1) is 13.2. The van der Waals surface area contributed by atoms with Gasteiger partial charge in [0.1, 0.15) is 5.82 Å². The van der Waals surface area contributed by atoms with Crippen molar-refractivity contribution in [3.05, 3.63) is 40.9 Å². The largest absolute Gasteiger partial charge is 0.466 e. The number of carbonyl (C=O) groups is 1. The molecule has 0 N–H and O–H groups in total. The smallest absolute Gasteiger partial charge is 0.310 e. The van der Waals surface area contributed by atoms with Crippen LogP contribution in [-0.2, 0) is 16.2 Å². The predicted molar refractivity (Wildman–Crippen MR) is 105 cm³/mol. The summed E-state index contributed by atoms with van der Waals surface area (Å²) in [7, 11) is 0. The van der Waals surface area contributed by atoms with E-state index >= 15 is 0 Å². The molecule has 144 valence electrons. The van der Waals surface area contributed by atoms with Crippen LogP contribution in [0, 0.1) is 10.7 Å². The molecular weight excluding hydrogens is 360 g/mol. The van der Waals surface area contributed by atoms with Crippen molar-refractivity contribution in [3.63, 3.8) is 0 Å². The number of nitrogens with zero attached hydrogens (tertiary/aromatic N) is 4. The van der Waals surface area contributed by atoms with E-state index in [4.69, 9.17) is 22.1 Å². The molecule has 7 heteroatoms. The van der Waals surface area contributed by atoms with Crippen LogP contribution in [0.25, 0.3) is 5.69 Å². The van der Waals surface area contributed by atoms with Gasteiger partial charge in [-0.3, -0.25) is 14.3 Å². The third-order valence-electron chi connectivity index (χ3n) is 5.28. The molecule has 1 aliphatic carbocycles. The number of para-hydroxylation sites is 1. The number of hydrogen-bond donors (Lipinski definition) is 0.